The summed E-state index contributed by atoms with van der Waals surface area (Å²) in [4.78, 5) is 11.1. The molecule has 1 heterocycles. The first-order valence-corrected chi connectivity index (χ1v) is 7.92. The predicted molar refractivity (Wildman–Crippen MR) is 89.2 cm³/mol. The normalized spacial score (nSPS) is 10.7. The molecular weight excluding hydrogens is 298 g/mol. The molecule has 0 radical (unpaired) electrons. The van der Waals surface area contributed by atoms with Crippen LogP contribution in [0.4, 0.5) is 26.2 Å². The molecule has 4 nitrogen and oxygen atoms in total. The topological polar surface area (TPSA) is 41.1 Å². The van der Waals surface area contributed by atoms with Gasteiger partial charge in [0, 0.05) is 36.6 Å². The maximum Gasteiger partial charge on any atom is 0.229 e. The summed E-state index contributed by atoms with van der Waals surface area (Å²) in [5.74, 6) is -0.550. The van der Waals surface area contributed by atoms with E-state index >= 15 is 0 Å². The second-order valence-electron chi connectivity index (χ2n) is 5.22. The maximum absolute atomic E-state index is 13.3. The minimum absolute atomic E-state index is 0.392. The molecule has 0 atom stereocenters. The molecular formula is C17H22F2N4. The van der Waals surface area contributed by atoms with Crippen LogP contribution in [0.5, 0.6) is 0 Å². The first-order chi connectivity index (χ1) is 11.1. The van der Waals surface area contributed by atoms with Crippen LogP contribution in [0, 0.1) is 11.6 Å². The third-order valence-electron chi connectivity index (χ3n) is 3.53. The third kappa shape index (κ3) is 4.37. The van der Waals surface area contributed by atoms with Crippen molar-refractivity contribution in [3.63, 3.8) is 0 Å². The molecule has 0 saturated heterocycles. The molecule has 0 fully saturated rings. The van der Waals surface area contributed by atoms with Crippen LogP contribution in [0.2, 0.25) is 0 Å². The summed E-state index contributed by atoms with van der Waals surface area (Å²) in [5.41, 5.74) is 1.34. The minimum Gasteiger partial charge on any atom is -0.357 e. The summed E-state index contributed by atoms with van der Waals surface area (Å²) in [6, 6.07) is 5.62. The Balaban J connectivity index is 2.33. The molecule has 0 unspecified atom stereocenters. The summed E-state index contributed by atoms with van der Waals surface area (Å²) >= 11 is 0. The van der Waals surface area contributed by atoms with Gasteiger partial charge >= 0.3 is 0 Å². The van der Waals surface area contributed by atoms with Crippen molar-refractivity contribution < 1.29 is 8.78 Å². The summed E-state index contributed by atoms with van der Waals surface area (Å²) in [5, 5.41) is 2.96. The number of hydrogen-bond donors (Lipinski definition) is 1. The molecule has 124 valence electrons. The molecule has 0 aliphatic heterocycles. The predicted octanol–water partition coefficient (Wildman–Crippen LogP) is 4.30. The zero-order valence-electron chi connectivity index (χ0n) is 13.7. The second kappa shape index (κ2) is 7.85. The molecule has 0 aliphatic rings. The number of nitrogens with one attached hydrogen (secondary N) is 1. The zero-order valence-corrected chi connectivity index (χ0v) is 13.7. The molecule has 2 rings (SSSR count). The molecule has 0 amide bonds. The van der Waals surface area contributed by atoms with Crippen LogP contribution in [0.25, 0.3) is 0 Å². The van der Waals surface area contributed by atoms with Crippen LogP contribution in [0.3, 0.4) is 0 Å². The van der Waals surface area contributed by atoms with E-state index in [0.29, 0.717) is 11.6 Å². The summed E-state index contributed by atoms with van der Waals surface area (Å²) < 4.78 is 26.4. The lowest BCUT2D eigenvalue weighted by molar-refractivity contribution is 0.509. The van der Waals surface area contributed by atoms with Gasteiger partial charge in [-0.05, 0) is 32.4 Å². The number of aromatic nitrogens is 2. The number of benzene rings is 1. The van der Waals surface area contributed by atoms with E-state index in [9.17, 15) is 8.78 Å². The number of aryl methyl sites for hydroxylation is 1. The van der Waals surface area contributed by atoms with E-state index < -0.39 is 11.6 Å². The van der Waals surface area contributed by atoms with Gasteiger partial charge in [-0.1, -0.05) is 13.3 Å². The summed E-state index contributed by atoms with van der Waals surface area (Å²) in [7, 11) is 0. The van der Waals surface area contributed by atoms with Gasteiger partial charge in [0.1, 0.15) is 5.82 Å². The summed E-state index contributed by atoms with van der Waals surface area (Å²) in [6.07, 6.45) is 1.81. The van der Waals surface area contributed by atoms with Gasteiger partial charge in [-0.15, -0.1) is 0 Å². The van der Waals surface area contributed by atoms with Crippen molar-refractivity contribution in [3.05, 3.63) is 41.6 Å². The van der Waals surface area contributed by atoms with Gasteiger partial charge in [0.05, 0.1) is 0 Å². The number of anilines is 3. The Bertz CT molecular complexity index is 657. The Labute approximate surface area is 135 Å². The highest BCUT2D eigenvalue weighted by atomic mass is 19.2. The van der Waals surface area contributed by atoms with Gasteiger partial charge < -0.3 is 10.2 Å². The lowest BCUT2D eigenvalue weighted by Crippen LogP contribution is -2.23. The monoisotopic (exact) mass is 320 g/mol. The number of halogens is 2. The molecule has 0 spiro atoms. The maximum atomic E-state index is 13.3. The quantitative estimate of drug-likeness (QED) is 0.826. The van der Waals surface area contributed by atoms with Crippen LogP contribution < -0.4 is 10.2 Å². The lowest BCUT2D eigenvalue weighted by Gasteiger charge is -2.21. The fourth-order valence-electron chi connectivity index (χ4n) is 2.34. The highest BCUT2D eigenvalue weighted by Crippen LogP contribution is 2.20. The molecule has 1 N–H and O–H groups in total. The molecule has 1 aromatic carbocycles. The fraction of sp³-hybridized carbons (Fsp3) is 0.412. The van der Waals surface area contributed by atoms with Crippen molar-refractivity contribution in [3.8, 4) is 0 Å². The lowest BCUT2D eigenvalue weighted by atomic mass is 10.2. The molecule has 23 heavy (non-hydrogen) atoms. The Morgan fingerprint density at radius 3 is 2.35 bits per heavy atom. The zero-order chi connectivity index (χ0) is 16.8. The van der Waals surface area contributed by atoms with Gasteiger partial charge in [-0.2, -0.15) is 4.98 Å². The van der Waals surface area contributed by atoms with Gasteiger partial charge in [0.25, 0.3) is 0 Å². The van der Waals surface area contributed by atoms with E-state index in [1.165, 1.54) is 6.07 Å². The molecule has 0 saturated carbocycles. The molecule has 0 bridgehead atoms. The average Bonchev–Trinajstić information content (AvgIpc) is 2.52. The molecule has 1 aromatic heterocycles. The number of nitrogens with zero attached hydrogens (tertiary/aromatic N) is 3. The van der Waals surface area contributed by atoms with Crippen LogP contribution in [-0.2, 0) is 6.42 Å². The molecule has 2 aromatic rings. The van der Waals surface area contributed by atoms with Crippen molar-refractivity contribution in [2.24, 2.45) is 0 Å². The van der Waals surface area contributed by atoms with E-state index in [1.807, 2.05) is 6.07 Å². The Hall–Kier alpha value is -2.24. The largest absolute Gasteiger partial charge is 0.357 e. The Morgan fingerprint density at radius 1 is 1.00 bits per heavy atom. The number of hydrogen-bond acceptors (Lipinski definition) is 4. The van der Waals surface area contributed by atoms with Gasteiger partial charge in [-0.3, -0.25) is 0 Å². The first-order valence-electron chi connectivity index (χ1n) is 7.92. The Kier molecular flexibility index (Phi) is 5.84. The molecule has 0 aliphatic carbocycles. The third-order valence-corrected chi connectivity index (χ3v) is 3.53. The van der Waals surface area contributed by atoms with Crippen molar-refractivity contribution in [2.75, 3.05) is 23.3 Å². The highest BCUT2D eigenvalue weighted by Gasteiger charge is 2.10. The van der Waals surface area contributed by atoms with Gasteiger partial charge in [0.2, 0.25) is 5.95 Å². The van der Waals surface area contributed by atoms with E-state index in [0.717, 1.165) is 49.6 Å². The van der Waals surface area contributed by atoms with E-state index in [4.69, 9.17) is 0 Å². The van der Waals surface area contributed by atoms with E-state index in [-0.39, 0.29) is 0 Å². The summed E-state index contributed by atoms with van der Waals surface area (Å²) in [6.45, 7) is 7.89. The second-order valence-corrected chi connectivity index (χ2v) is 5.22. The van der Waals surface area contributed by atoms with Crippen molar-refractivity contribution in [1.29, 1.82) is 0 Å². The minimum atomic E-state index is -0.899. The Morgan fingerprint density at radius 2 is 1.74 bits per heavy atom. The van der Waals surface area contributed by atoms with Crippen molar-refractivity contribution in [2.45, 2.75) is 33.6 Å². The standard InChI is InChI=1S/C17H22F2N4/c1-4-7-12-11-16(23(5-2)6-3)22-17(20-12)21-13-8-9-14(18)15(19)10-13/h8-11H,4-7H2,1-3H3,(H,20,21,22). The SMILES string of the molecule is CCCc1cc(N(CC)CC)nc(Nc2ccc(F)c(F)c2)n1. The smallest absolute Gasteiger partial charge is 0.229 e. The van der Waals surface area contributed by atoms with Crippen molar-refractivity contribution in [1.82, 2.24) is 9.97 Å². The van der Waals surface area contributed by atoms with Crippen LogP contribution >= 0.6 is 0 Å². The van der Waals surface area contributed by atoms with E-state index in [1.54, 1.807) is 0 Å². The van der Waals surface area contributed by atoms with E-state index in [2.05, 4.69) is 41.0 Å². The van der Waals surface area contributed by atoms with Crippen molar-refractivity contribution >= 4 is 17.5 Å². The number of rotatable bonds is 7. The van der Waals surface area contributed by atoms with Crippen LogP contribution in [-0.4, -0.2) is 23.1 Å². The van der Waals surface area contributed by atoms with Gasteiger partial charge in [0.15, 0.2) is 11.6 Å². The average molecular weight is 320 g/mol. The van der Waals surface area contributed by atoms with Crippen LogP contribution in [0.1, 0.15) is 32.9 Å². The highest BCUT2D eigenvalue weighted by molar-refractivity contribution is 5.55. The first kappa shape index (κ1) is 17.1. The fourth-order valence-corrected chi connectivity index (χ4v) is 2.34. The molecule has 6 heteroatoms. The van der Waals surface area contributed by atoms with Crippen LogP contribution in [0.15, 0.2) is 24.3 Å². The van der Waals surface area contributed by atoms with Gasteiger partial charge in [-0.25, -0.2) is 13.8 Å².